The largest absolute Gasteiger partial charge is 0.404 e. The molecule has 3 heterocycles. The minimum atomic E-state index is 0.0937. The van der Waals surface area contributed by atoms with Crippen molar-refractivity contribution in [1.82, 2.24) is 20.1 Å². The van der Waals surface area contributed by atoms with E-state index in [2.05, 4.69) is 33.0 Å². The first-order valence-corrected chi connectivity index (χ1v) is 11.9. The van der Waals surface area contributed by atoms with Crippen LogP contribution >= 0.6 is 11.6 Å². The monoisotopic (exact) mass is 488 g/mol. The average Bonchev–Trinajstić information content (AvgIpc) is 3.55. The number of para-hydroxylation sites is 1. The van der Waals surface area contributed by atoms with Crippen LogP contribution in [0.25, 0.3) is 11.1 Å². The highest BCUT2D eigenvalue weighted by Crippen LogP contribution is 2.46. The summed E-state index contributed by atoms with van der Waals surface area (Å²) in [6.45, 7) is 5.01. The maximum Gasteiger partial charge on any atom is 0.135 e. The molecule has 35 heavy (non-hydrogen) atoms. The third-order valence-electron chi connectivity index (χ3n) is 6.98. The van der Waals surface area contributed by atoms with Gasteiger partial charge in [-0.1, -0.05) is 29.8 Å². The van der Waals surface area contributed by atoms with Crippen LogP contribution in [0.2, 0.25) is 5.02 Å². The SMILES string of the molecule is C=CC12CNC1CC(N=C(C(=CN)C(N)=Nc1ccccc1Cl)c1cc(-c3cnn(C)c3)c[nH]1)C2. The summed E-state index contributed by atoms with van der Waals surface area (Å²) in [4.78, 5) is 13.1. The molecular formula is C26H29ClN8. The van der Waals surface area contributed by atoms with Gasteiger partial charge in [-0.25, -0.2) is 4.99 Å². The van der Waals surface area contributed by atoms with Gasteiger partial charge in [-0.2, -0.15) is 5.10 Å². The van der Waals surface area contributed by atoms with Crippen LogP contribution in [0.1, 0.15) is 18.5 Å². The molecule has 0 amide bonds. The summed E-state index contributed by atoms with van der Waals surface area (Å²) in [6.07, 6.45) is 11.1. The second-order valence-corrected chi connectivity index (χ2v) is 9.58. The van der Waals surface area contributed by atoms with Crippen molar-refractivity contribution in [3.63, 3.8) is 0 Å². The number of aryl methyl sites for hydroxylation is 1. The van der Waals surface area contributed by atoms with Gasteiger partial charge in [-0.3, -0.25) is 9.67 Å². The molecule has 5 rings (SSSR count). The van der Waals surface area contributed by atoms with E-state index in [0.29, 0.717) is 28.0 Å². The molecule has 0 radical (unpaired) electrons. The number of aliphatic imine (C=N–C) groups is 2. The Morgan fingerprint density at radius 3 is 2.80 bits per heavy atom. The van der Waals surface area contributed by atoms with Gasteiger partial charge >= 0.3 is 0 Å². The van der Waals surface area contributed by atoms with Crippen LogP contribution in [0.3, 0.4) is 0 Å². The van der Waals surface area contributed by atoms with Gasteiger partial charge in [-0.15, -0.1) is 6.58 Å². The molecule has 3 unspecified atom stereocenters. The zero-order valence-electron chi connectivity index (χ0n) is 19.6. The fraction of sp³-hybridized carbons (Fsp3) is 0.269. The Bertz CT molecular complexity index is 1350. The van der Waals surface area contributed by atoms with Gasteiger partial charge in [0, 0.05) is 54.8 Å². The molecular weight excluding hydrogens is 460 g/mol. The van der Waals surface area contributed by atoms with Gasteiger partial charge < -0.3 is 21.8 Å². The van der Waals surface area contributed by atoms with Gasteiger partial charge in [-0.05, 0) is 31.0 Å². The number of benzene rings is 1. The van der Waals surface area contributed by atoms with Crippen molar-refractivity contribution < 1.29 is 0 Å². The molecule has 6 N–H and O–H groups in total. The van der Waals surface area contributed by atoms with Crippen LogP contribution in [0, 0.1) is 5.41 Å². The van der Waals surface area contributed by atoms with Crippen LogP contribution in [0.5, 0.6) is 0 Å². The number of H-pyrrole nitrogens is 1. The lowest BCUT2D eigenvalue weighted by Gasteiger charge is -2.43. The van der Waals surface area contributed by atoms with E-state index in [9.17, 15) is 0 Å². The number of aromatic nitrogens is 3. The molecule has 1 saturated carbocycles. The predicted octanol–water partition coefficient (Wildman–Crippen LogP) is 3.70. The Kier molecular flexibility index (Phi) is 6.08. The first kappa shape index (κ1) is 23.1. The quantitative estimate of drug-likeness (QED) is 0.230. The minimum absolute atomic E-state index is 0.0937. The normalized spacial score (nSPS) is 24.8. The molecule has 3 aromatic rings. The number of nitrogens with zero attached hydrogens (tertiary/aromatic N) is 4. The van der Waals surface area contributed by atoms with E-state index in [1.807, 2.05) is 49.9 Å². The lowest BCUT2D eigenvalue weighted by atomic mass is 9.76. The molecule has 2 fully saturated rings. The van der Waals surface area contributed by atoms with Crippen LogP contribution in [-0.2, 0) is 7.05 Å². The van der Waals surface area contributed by atoms with E-state index in [1.165, 1.54) is 6.20 Å². The Labute approximate surface area is 209 Å². The molecule has 0 bridgehead atoms. The van der Waals surface area contributed by atoms with Crippen molar-refractivity contribution in [3.8, 4) is 11.1 Å². The highest BCUT2D eigenvalue weighted by molar-refractivity contribution is 6.34. The number of hydrogen-bond acceptors (Lipinski definition) is 5. The van der Waals surface area contributed by atoms with Crippen molar-refractivity contribution in [3.05, 3.63) is 84.1 Å². The minimum Gasteiger partial charge on any atom is -0.404 e. The van der Waals surface area contributed by atoms with Gasteiger partial charge in [0.05, 0.1) is 39.9 Å². The van der Waals surface area contributed by atoms with E-state index in [-0.39, 0.29) is 17.3 Å². The first-order chi connectivity index (χ1) is 16.9. The number of aromatic amines is 1. The lowest BCUT2D eigenvalue weighted by molar-refractivity contribution is 0.178. The summed E-state index contributed by atoms with van der Waals surface area (Å²) in [5.41, 5.74) is 17.3. The number of nitrogens with two attached hydrogens (primary N) is 2. The standard InChI is InChI=1S/C26H29ClN8/c1-3-26-10-18(9-23(26)31-15-26)33-24(22-8-16(12-30-22)17-13-32-35(2)14-17)19(11-28)25(29)34-21-7-5-4-6-20(21)27/h3-8,11-14,18,23,30-31H,1,9-10,15,28H2,2H3,(H2,29,34). The molecule has 1 saturated heterocycles. The third-order valence-corrected chi connectivity index (χ3v) is 7.30. The molecule has 2 aromatic heterocycles. The summed E-state index contributed by atoms with van der Waals surface area (Å²) in [5.74, 6) is 0.245. The fourth-order valence-electron chi connectivity index (χ4n) is 4.98. The Balaban J connectivity index is 1.55. The average molecular weight is 489 g/mol. The van der Waals surface area contributed by atoms with E-state index in [0.717, 1.165) is 36.2 Å². The van der Waals surface area contributed by atoms with E-state index < -0.39 is 0 Å². The van der Waals surface area contributed by atoms with Gasteiger partial charge in [0.15, 0.2) is 0 Å². The first-order valence-electron chi connectivity index (χ1n) is 11.6. The van der Waals surface area contributed by atoms with Gasteiger partial charge in [0.2, 0.25) is 0 Å². The summed E-state index contributed by atoms with van der Waals surface area (Å²) < 4.78 is 1.77. The van der Waals surface area contributed by atoms with Crippen LogP contribution < -0.4 is 16.8 Å². The smallest absolute Gasteiger partial charge is 0.135 e. The fourth-order valence-corrected chi connectivity index (χ4v) is 5.16. The maximum atomic E-state index is 6.49. The highest BCUT2D eigenvalue weighted by atomic mass is 35.5. The van der Waals surface area contributed by atoms with Crippen molar-refractivity contribution in [2.75, 3.05) is 6.54 Å². The van der Waals surface area contributed by atoms with Crippen LogP contribution in [0.4, 0.5) is 5.69 Å². The molecule has 1 aromatic carbocycles. The topological polar surface area (TPSA) is 122 Å². The number of halogens is 1. The Hall–Kier alpha value is -3.62. The van der Waals surface area contributed by atoms with Crippen LogP contribution in [0.15, 0.2) is 83.3 Å². The summed E-state index contributed by atoms with van der Waals surface area (Å²) in [6, 6.07) is 9.81. The van der Waals surface area contributed by atoms with Gasteiger partial charge in [0.25, 0.3) is 0 Å². The summed E-state index contributed by atoms with van der Waals surface area (Å²) in [5, 5.41) is 8.30. The predicted molar refractivity (Wildman–Crippen MR) is 142 cm³/mol. The van der Waals surface area contributed by atoms with E-state index in [1.54, 1.807) is 10.7 Å². The van der Waals surface area contributed by atoms with E-state index in [4.69, 9.17) is 28.1 Å². The zero-order valence-corrected chi connectivity index (χ0v) is 20.3. The number of rotatable bonds is 7. The lowest BCUT2D eigenvalue weighted by Crippen LogP contribution is -2.57. The molecule has 1 aliphatic carbocycles. The molecule has 1 aliphatic heterocycles. The maximum absolute atomic E-state index is 6.49. The third kappa shape index (κ3) is 4.31. The summed E-state index contributed by atoms with van der Waals surface area (Å²) in [7, 11) is 1.89. The number of amidine groups is 1. The molecule has 3 atom stereocenters. The Morgan fingerprint density at radius 2 is 2.17 bits per heavy atom. The second-order valence-electron chi connectivity index (χ2n) is 9.18. The van der Waals surface area contributed by atoms with Crippen LogP contribution in [-0.4, -0.2) is 44.9 Å². The Morgan fingerprint density at radius 1 is 1.34 bits per heavy atom. The molecule has 9 heteroatoms. The molecule has 0 spiro atoms. The van der Waals surface area contributed by atoms with Crippen molar-refractivity contribution >= 4 is 28.8 Å². The number of hydrogen-bond donors (Lipinski definition) is 4. The van der Waals surface area contributed by atoms with Crippen molar-refractivity contribution in [1.29, 1.82) is 0 Å². The van der Waals surface area contributed by atoms with E-state index >= 15 is 0 Å². The molecule has 8 nitrogen and oxygen atoms in total. The highest BCUT2D eigenvalue weighted by Gasteiger charge is 2.51. The molecule has 180 valence electrons. The van der Waals surface area contributed by atoms with Gasteiger partial charge in [0.1, 0.15) is 5.84 Å². The van der Waals surface area contributed by atoms with Crippen molar-refractivity contribution in [2.24, 2.45) is 33.9 Å². The second kappa shape index (κ2) is 9.20. The number of fused-ring (bicyclic) bond motifs is 1. The van der Waals surface area contributed by atoms with Crippen molar-refractivity contribution in [2.45, 2.75) is 24.9 Å². The number of nitrogens with one attached hydrogen (secondary N) is 2. The molecule has 2 aliphatic rings. The summed E-state index contributed by atoms with van der Waals surface area (Å²) >= 11 is 6.32. The zero-order chi connectivity index (χ0) is 24.6.